The van der Waals surface area contributed by atoms with Gasteiger partial charge in [0.1, 0.15) is 11.8 Å². The van der Waals surface area contributed by atoms with Gasteiger partial charge < -0.3 is 15.6 Å². The van der Waals surface area contributed by atoms with Gasteiger partial charge in [0.05, 0.1) is 6.61 Å². The molecule has 1 rings (SSSR count). The van der Waals surface area contributed by atoms with E-state index in [0.29, 0.717) is 13.0 Å². The van der Waals surface area contributed by atoms with E-state index in [9.17, 15) is 4.79 Å². The normalized spacial score (nSPS) is 11.4. The number of hydrogen-bond acceptors (Lipinski definition) is 4. The molecule has 0 aliphatic rings. The van der Waals surface area contributed by atoms with Crippen LogP contribution in [0.25, 0.3) is 0 Å². The summed E-state index contributed by atoms with van der Waals surface area (Å²) in [5, 5.41) is 9.06. The number of carbonyl (C=O) groups excluding carboxylic acids is 1. The van der Waals surface area contributed by atoms with Gasteiger partial charge in [-0.25, -0.2) is 0 Å². The van der Waals surface area contributed by atoms with Crippen LogP contribution in [0.4, 0.5) is 0 Å². The maximum absolute atomic E-state index is 11.2. The second-order valence-corrected chi connectivity index (χ2v) is 3.23. The van der Waals surface area contributed by atoms with Gasteiger partial charge in [-0.15, -0.1) is 12.4 Å². The summed E-state index contributed by atoms with van der Waals surface area (Å²) < 4.78 is 4.79. The summed E-state index contributed by atoms with van der Waals surface area (Å²) in [4.78, 5) is 11.2. The molecule has 1 aromatic rings. The molecule has 0 bridgehead atoms. The number of rotatable bonds is 4. The number of esters is 1. The van der Waals surface area contributed by atoms with Gasteiger partial charge in [0, 0.05) is 0 Å². The molecule has 4 nitrogen and oxygen atoms in total. The summed E-state index contributed by atoms with van der Waals surface area (Å²) in [6.45, 7) is 2.08. The molecule has 0 saturated heterocycles. The number of aromatic hydroxyl groups is 1. The van der Waals surface area contributed by atoms with Crippen molar-refractivity contribution in [3.63, 3.8) is 0 Å². The van der Waals surface area contributed by atoms with Crippen molar-refractivity contribution >= 4 is 18.4 Å². The first kappa shape index (κ1) is 14.7. The maximum atomic E-state index is 11.2. The standard InChI is InChI=1S/C11H15NO3.ClH/c1-2-15-11(14)10(12)7-8-3-5-9(13)6-4-8;/h3-6,10,13H,2,7,12H2,1H3;1H/t10-;/m0./s1. The van der Waals surface area contributed by atoms with Crippen LogP contribution < -0.4 is 5.73 Å². The summed E-state index contributed by atoms with van der Waals surface area (Å²) in [6.07, 6.45) is 0.416. The minimum Gasteiger partial charge on any atom is -0.508 e. The Balaban J connectivity index is 0.00000225. The van der Waals surface area contributed by atoms with Crippen molar-refractivity contribution < 1.29 is 14.6 Å². The number of phenolic OH excluding ortho intramolecular Hbond substituents is 1. The van der Waals surface area contributed by atoms with Crippen molar-refractivity contribution in [3.8, 4) is 5.75 Å². The lowest BCUT2D eigenvalue weighted by atomic mass is 10.1. The first-order valence-electron chi connectivity index (χ1n) is 4.83. The van der Waals surface area contributed by atoms with Crippen LogP contribution in [0.1, 0.15) is 12.5 Å². The zero-order valence-electron chi connectivity index (χ0n) is 9.05. The predicted molar refractivity (Wildman–Crippen MR) is 63.7 cm³/mol. The average Bonchev–Trinajstić information content (AvgIpc) is 2.22. The van der Waals surface area contributed by atoms with E-state index in [-0.39, 0.29) is 18.2 Å². The number of hydrogen-bond donors (Lipinski definition) is 2. The van der Waals surface area contributed by atoms with E-state index in [4.69, 9.17) is 15.6 Å². The molecule has 0 unspecified atom stereocenters. The highest BCUT2D eigenvalue weighted by Crippen LogP contribution is 2.11. The number of halogens is 1. The molecule has 16 heavy (non-hydrogen) atoms. The molecule has 0 aliphatic carbocycles. The monoisotopic (exact) mass is 245 g/mol. The quantitative estimate of drug-likeness (QED) is 0.783. The molecule has 3 N–H and O–H groups in total. The van der Waals surface area contributed by atoms with Gasteiger partial charge >= 0.3 is 5.97 Å². The average molecular weight is 246 g/mol. The van der Waals surface area contributed by atoms with Gasteiger partial charge in [0.15, 0.2) is 0 Å². The zero-order chi connectivity index (χ0) is 11.3. The number of nitrogens with two attached hydrogens (primary N) is 1. The first-order valence-corrected chi connectivity index (χ1v) is 4.83. The fraction of sp³-hybridized carbons (Fsp3) is 0.364. The van der Waals surface area contributed by atoms with Crippen molar-refractivity contribution in [3.05, 3.63) is 29.8 Å². The molecule has 5 heteroatoms. The van der Waals surface area contributed by atoms with Gasteiger partial charge in [-0.05, 0) is 31.0 Å². The maximum Gasteiger partial charge on any atom is 0.323 e. The molecule has 90 valence electrons. The smallest absolute Gasteiger partial charge is 0.323 e. The van der Waals surface area contributed by atoms with E-state index in [1.54, 1.807) is 31.2 Å². The SMILES string of the molecule is CCOC(=O)[C@@H](N)Cc1ccc(O)cc1.Cl. The molecular formula is C11H16ClNO3. The Labute approximate surface area is 101 Å². The summed E-state index contributed by atoms with van der Waals surface area (Å²) in [6, 6.07) is 5.94. The Morgan fingerprint density at radius 2 is 2.00 bits per heavy atom. The number of benzene rings is 1. The fourth-order valence-electron chi connectivity index (χ4n) is 1.22. The largest absolute Gasteiger partial charge is 0.508 e. The summed E-state index contributed by atoms with van der Waals surface area (Å²) in [5.74, 6) is -0.200. The number of carbonyl (C=O) groups is 1. The van der Waals surface area contributed by atoms with Crippen molar-refractivity contribution in [2.45, 2.75) is 19.4 Å². The van der Waals surface area contributed by atoms with Crippen LogP contribution in [0.15, 0.2) is 24.3 Å². The lowest BCUT2D eigenvalue weighted by molar-refractivity contribution is -0.144. The molecular weight excluding hydrogens is 230 g/mol. The second kappa shape index (κ2) is 7.09. The summed E-state index contributed by atoms with van der Waals surface area (Å²) in [7, 11) is 0. The topological polar surface area (TPSA) is 72.5 Å². The van der Waals surface area contributed by atoms with E-state index in [1.807, 2.05) is 0 Å². The Kier molecular flexibility index (Phi) is 6.53. The molecule has 0 aliphatic heterocycles. The third kappa shape index (κ3) is 4.51. The van der Waals surface area contributed by atoms with Crippen molar-refractivity contribution in [1.82, 2.24) is 0 Å². The molecule has 1 atom stereocenters. The molecule has 0 saturated carbocycles. The van der Waals surface area contributed by atoms with Gasteiger partial charge in [-0.2, -0.15) is 0 Å². The Bertz CT molecular complexity index is 327. The van der Waals surface area contributed by atoms with Crippen molar-refractivity contribution in [1.29, 1.82) is 0 Å². The van der Waals surface area contributed by atoms with E-state index >= 15 is 0 Å². The van der Waals surface area contributed by atoms with E-state index in [0.717, 1.165) is 5.56 Å². The van der Waals surface area contributed by atoms with E-state index < -0.39 is 12.0 Å². The van der Waals surface area contributed by atoms with Crippen LogP contribution in [-0.2, 0) is 16.0 Å². The van der Waals surface area contributed by atoms with Gasteiger partial charge in [0.2, 0.25) is 0 Å². The van der Waals surface area contributed by atoms with Crippen molar-refractivity contribution in [2.24, 2.45) is 5.73 Å². The molecule has 1 aromatic carbocycles. The second-order valence-electron chi connectivity index (χ2n) is 3.23. The molecule has 0 aromatic heterocycles. The summed E-state index contributed by atoms with van der Waals surface area (Å²) in [5.41, 5.74) is 6.53. The minimum absolute atomic E-state index is 0. The molecule has 0 fully saturated rings. The number of phenols is 1. The van der Waals surface area contributed by atoms with Gasteiger partial charge in [0.25, 0.3) is 0 Å². The van der Waals surface area contributed by atoms with Crippen LogP contribution >= 0.6 is 12.4 Å². The fourth-order valence-corrected chi connectivity index (χ4v) is 1.22. The Morgan fingerprint density at radius 3 is 2.50 bits per heavy atom. The third-order valence-electron chi connectivity index (χ3n) is 1.98. The van der Waals surface area contributed by atoms with Crippen LogP contribution in [-0.4, -0.2) is 23.7 Å². The van der Waals surface area contributed by atoms with Gasteiger partial charge in [-0.3, -0.25) is 4.79 Å². The highest BCUT2D eigenvalue weighted by Gasteiger charge is 2.14. The summed E-state index contributed by atoms with van der Waals surface area (Å²) >= 11 is 0. The highest BCUT2D eigenvalue weighted by molar-refractivity contribution is 5.85. The van der Waals surface area contributed by atoms with Crippen LogP contribution in [0.3, 0.4) is 0 Å². The predicted octanol–water partition coefficient (Wildman–Crippen LogP) is 1.25. The molecule has 0 spiro atoms. The minimum atomic E-state index is -0.644. The lowest BCUT2D eigenvalue weighted by Crippen LogP contribution is -2.34. The number of ether oxygens (including phenoxy) is 1. The third-order valence-corrected chi connectivity index (χ3v) is 1.98. The first-order chi connectivity index (χ1) is 7.13. The Hall–Kier alpha value is -1.26. The molecule has 0 heterocycles. The van der Waals surface area contributed by atoms with E-state index in [2.05, 4.69) is 0 Å². The van der Waals surface area contributed by atoms with Crippen molar-refractivity contribution in [2.75, 3.05) is 6.61 Å². The van der Waals surface area contributed by atoms with E-state index in [1.165, 1.54) is 0 Å². The van der Waals surface area contributed by atoms with Crippen LogP contribution in [0.2, 0.25) is 0 Å². The highest BCUT2D eigenvalue weighted by atomic mass is 35.5. The van der Waals surface area contributed by atoms with Gasteiger partial charge in [-0.1, -0.05) is 12.1 Å². The van der Waals surface area contributed by atoms with Crippen LogP contribution in [0, 0.1) is 0 Å². The van der Waals surface area contributed by atoms with Crippen LogP contribution in [0.5, 0.6) is 5.75 Å². The zero-order valence-corrected chi connectivity index (χ0v) is 9.87. The molecule has 0 radical (unpaired) electrons. The Morgan fingerprint density at radius 1 is 1.44 bits per heavy atom. The lowest BCUT2D eigenvalue weighted by Gasteiger charge is -2.10. The molecule has 0 amide bonds.